The van der Waals surface area contributed by atoms with E-state index in [0.717, 1.165) is 16.2 Å². The number of carbonyl (C=O) groups is 3. The second-order valence-electron chi connectivity index (χ2n) is 5.83. The Morgan fingerprint density at radius 1 is 0.926 bits per heavy atom. The van der Waals surface area contributed by atoms with Crippen LogP contribution in [0, 0.1) is 0 Å². The average molecular weight is 371 g/mol. The van der Waals surface area contributed by atoms with Gasteiger partial charge in [0.25, 0.3) is 5.91 Å². The monoisotopic (exact) mass is 371 g/mol. The second kappa shape index (κ2) is 9.96. The van der Waals surface area contributed by atoms with Crippen LogP contribution in [0.15, 0.2) is 54.6 Å². The van der Waals surface area contributed by atoms with Gasteiger partial charge >= 0.3 is 11.9 Å². The van der Waals surface area contributed by atoms with E-state index in [4.69, 9.17) is 14.7 Å². The molecule has 0 aromatic heterocycles. The summed E-state index contributed by atoms with van der Waals surface area (Å²) in [6.45, 7) is 1.77. The van der Waals surface area contributed by atoms with Crippen LogP contribution >= 0.6 is 0 Å². The Morgan fingerprint density at radius 2 is 1.59 bits per heavy atom. The standard InChI is InChI=1S/C20H21NO6/c1-15(22)21(27-20(25)12-11-19(23)24)13-16-7-9-18(10-8-16)26-14-17-5-3-2-4-6-17/h2-10H,11-14H2,1H3,(H,23,24). The number of carboxylic acid groups (broad SMARTS) is 1. The van der Waals surface area contributed by atoms with E-state index in [1.165, 1.54) is 6.92 Å². The Balaban J connectivity index is 1.89. The van der Waals surface area contributed by atoms with Crippen LogP contribution in [0.2, 0.25) is 0 Å². The molecule has 0 bridgehead atoms. The minimum absolute atomic E-state index is 0.0626. The van der Waals surface area contributed by atoms with Gasteiger partial charge in [0.05, 0.1) is 19.4 Å². The van der Waals surface area contributed by atoms with Gasteiger partial charge in [-0.25, -0.2) is 4.79 Å². The summed E-state index contributed by atoms with van der Waals surface area (Å²) in [6.07, 6.45) is -0.649. The van der Waals surface area contributed by atoms with Crippen LogP contribution in [0.4, 0.5) is 0 Å². The number of hydroxylamine groups is 2. The summed E-state index contributed by atoms with van der Waals surface area (Å²) in [6, 6.07) is 16.8. The van der Waals surface area contributed by atoms with Crippen molar-refractivity contribution in [1.29, 1.82) is 0 Å². The van der Waals surface area contributed by atoms with Gasteiger partial charge in [-0.1, -0.05) is 42.5 Å². The van der Waals surface area contributed by atoms with Crippen molar-refractivity contribution in [3.8, 4) is 5.75 Å². The number of carbonyl (C=O) groups excluding carboxylic acids is 2. The maximum atomic E-state index is 11.7. The molecular weight excluding hydrogens is 350 g/mol. The molecule has 0 radical (unpaired) electrons. The van der Waals surface area contributed by atoms with Gasteiger partial charge in [0, 0.05) is 6.92 Å². The van der Waals surface area contributed by atoms with Crippen molar-refractivity contribution in [2.45, 2.75) is 32.9 Å². The van der Waals surface area contributed by atoms with E-state index in [2.05, 4.69) is 0 Å². The lowest BCUT2D eigenvalue weighted by atomic mass is 10.2. The molecule has 0 unspecified atom stereocenters. The van der Waals surface area contributed by atoms with Crippen LogP contribution < -0.4 is 4.74 Å². The normalized spacial score (nSPS) is 10.1. The lowest BCUT2D eigenvalue weighted by molar-refractivity contribution is -0.199. The van der Waals surface area contributed by atoms with Gasteiger partial charge < -0.3 is 14.7 Å². The smallest absolute Gasteiger partial charge is 0.333 e. The van der Waals surface area contributed by atoms with Gasteiger partial charge in [0.1, 0.15) is 12.4 Å². The van der Waals surface area contributed by atoms with Crippen molar-refractivity contribution in [3.05, 3.63) is 65.7 Å². The van der Waals surface area contributed by atoms with Crippen molar-refractivity contribution >= 4 is 17.8 Å². The number of rotatable bonds is 8. The molecule has 0 aliphatic carbocycles. The van der Waals surface area contributed by atoms with Gasteiger partial charge in [-0.15, -0.1) is 0 Å². The molecule has 7 nitrogen and oxygen atoms in total. The van der Waals surface area contributed by atoms with Crippen LogP contribution in [0.25, 0.3) is 0 Å². The first kappa shape index (κ1) is 20.0. The molecule has 0 atom stereocenters. The van der Waals surface area contributed by atoms with Gasteiger partial charge in [-0.05, 0) is 23.3 Å². The molecule has 2 rings (SSSR count). The van der Waals surface area contributed by atoms with Gasteiger partial charge in [0.2, 0.25) is 0 Å². The largest absolute Gasteiger partial charge is 0.489 e. The highest BCUT2D eigenvalue weighted by Crippen LogP contribution is 2.16. The van der Waals surface area contributed by atoms with Crippen molar-refractivity contribution in [2.24, 2.45) is 0 Å². The number of hydrogen-bond acceptors (Lipinski definition) is 5. The number of amides is 1. The minimum atomic E-state index is -1.10. The number of hydrogen-bond donors (Lipinski definition) is 1. The molecule has 1 amide bonds. The number of aliphatic carboxylic acids is 1. The molecule has 0 saturated heterocycles. The zero-order valence-corrected chi connectivity index (χ0v) is 15.0. The first-order valence-electron chi connectivity index (χ1n) is 8.40. The Morgan fingerprint density at radius 3 is 2.19 bits per heavy atom. The maximum Gasteiger partial charge on any atom is 0.333 e. The molecule has 2 aromatic rings. The van der Waals surface area contributed by atoms with Gasteiger partial charge in [-0.3, -0.25) is 9.59 Å². The predicted molar refractivity (Wildman–Crippen MR) is 96.4 cm³/mol. The van der Waals surface area contributed by atoms with E-state index in [1.807, 2.05) is 30.3 Å². The quantitative estimate of drug-likeness (QED) is 0.717. The summed E-state index contributed by atoms with van der Waals surface area (Å²) >= 11 is 0. The maximum absolute atomic E-state index is 11.7. The SMILES string of the molecule is CC(=O)N(Cc1ccc(OCc2ccccc2)cc1)OC(=O)CCC(=O)O. The van der Waals surface area contributed by atoms with Crippen molar-refractivity contribution in [1.82, 2.24) is 5.06 Å². The van der Waals surface area contributed by atoms with Crippen LogP contribution in [0.5, 0.6) is 5.75 Å². The fourth-order valence-electron chi connectivity index (χ4n) is 2.18. The molecule has 0 aliphatic heterocycles. The van der Waals surface area contributed by atoms with Crippen molar-refractivity contribution < 1.29 is 29.1 Å². The third-order valence-corrected chi connectivity index (χ3v) is 3.60. The fraction of sp³-hybridized carbons (Fsp3) is 0.250. The van der Waals surface area contributed by atoms with E-state index in [1.54, 1.807) is 24.3 Å². The molecule has 0 fully saturated rings. The number of ether oxygens (including phenoxy) is 1. The summed E-state index contributed by atoms with van der Waals surface area (Å²) in [5.41, 5.74) is 1.79. The molecule has 27 heavy (non-hydrogen) atoms. The molecule has 142 valence electrons. The van der Waals surface area contributed by atoms with E-state index in [9.17, 15) is 14.4 Å². The Labute approximate surface area is 157 Å². The zero-order valence-electron chi connectivity index (χ0n) is 15.0. The highest BCUT2D eigenvalue weighted by Gasteiger charge is 2.16. The molecular formula is C20H21NO6. The molecule has 7 heteroatoms. The van der Waals surface area contributed by atoms with Crippen LogP contribution in [-0.2, 0) is 32.4 Å². The lowest BCUT2D eigenvalue weighted by Gasteiger charge is -2.19. The number of carboxylic acids is 1. The van der Waals surface area contributed by atoms with E-state index in [-0.39, 0.29) is 19.4 Å². The van der Waals surface area contributed by atoms with Gasteiger partial charge in [-0.2, -0.15) is 5.06 Å². The predicted octanol–water partition coefficient (Wildman–Crippen LogP) is 2.94. The fourth-order valence-corrected chi connectivity index (χ4v) is 2.18. The molecule has 0 heterocycles. The Kier molecular flexibility index (Phi) is 7.37. The first-order valence-corrected chi connectivity index (χ1v) is 8.40. The van der Waals surface area contributed by atoms with E-state index < -0.39 is 17.8 Å². The van der Waals surface area contributed by atoms with Crippen LogP contribution in [0.1, 0.15) is 30.9 Å². The first-order chi connectivity index (χ1) is 12.9. The number of nitrogens with zero attached hydrogens (tertiary/aromatic N) is 1. The molecule has 2 aromatic carbocycles. The summed E-state index contributed by atoms with van der Waals surface area (Å²) in [7, 11) is 0. The summed E-state index contributed by atoms with van der Waals surface area (Å²) in [5, 5.41) is 9.49. The minimum Gasteiger partial charge on any atom is -0.489 e. The van der Waals surface area contributed by atoms with Crippen molar-refractivity contribution in [2.75, 3.05) is 0 Å². The molecule has 0 saturated carbocycles. The third-order valence-electron chi connectivity index (χ3n) is 3.60. The van der Waals surface area contributed by atoms with E-state index in [0.29, 0.717) is 12.4 Å². The number of benzene rings is 2. The second-order valence-corrected chi connectivity index (χ2v) is 5.83. The average Bonchev–Trinajstić information content (AvgIpc) is 2.66. The summed E-state index contributed by atoms with van der Waals surface area (Å²) < 4.78 is 5.70. The van der Waals surface area contributed by atoms with Gasteiger partial charge in [0.15, 0.2) is 0 Å². The van der Waals surface area contributed by atoms with E-state index >= 15 is 0 Å². The highest BCUT2D eigenvalue weighted by atomic mass is 16.7. The lowest BCUT2D eigenvalue weighted by Crippen LogP contribution is -2.31. The van der Waals surface area contributed by atoms with Crippen LogP contribution in [0.3, 0.4) is 0 Å². The molecule has 1 N–H and O–H groups in total. The van der Waals surface area contributed by atoms with Crippen LogP contribution in [-0.4, -0.2) is 28.0 Å². The summed E-state index contributed by atoms with van der Waals surface area (Å²) in [5.74, 6) is -1.65. The molecule has 0 aliphatic rings. The Bertz CT molecular complexity index is 773. The summed E-state index contributed by atoms with van der Waals surface area (Å²) in [4.78, 5) is 38.7. The zero-order chi connectivity index (χ0) is 19.6. The molecule has 0 spiro atoms. The topological polar surface area (TPSA) is 93.1 Å². The van der Waals surface area contributed by atoms with Crippen molar-refractivity contribution in [3.63, 3.8) is 0 Å². The third kappa shape index (κ3) is 7.19. The Hall–Kier alpha value is -3.35. The highest BCUT2D eigenvalue weighted by molar-refractivity contribution is 5.78.